The molecule has 0 atom stereocenters. The second kappa shape index (κ2) is 5.00. The maximum Gasteiger partial charge on any atom is 0.215 e. The molecule has 2 heterocycles. The largest absolute Gasteiger partial charge is 0.481 e. The van der Waals surface area contributed by atoms with E-state index < -0.39 is 0 Å². The zero-order valence-electron chi connectivity index (χ0n) is 9.27. The third kappa shape index (κ3) is 2.53. The summed E-state index contributed by atoms with van der Waals surface area (Å²) >= 11 is 0. The molecule has 0 spiro atoms. The topological polar surface area (TPSA) is 72.6 Å². The van der Waals surface area contributed by atoms with Gasteiger partial charge in [0.15, 0.2) is 5.82 Å². The molecule has 0 amide bonds. The quantitative estimate of drug-likeness (QED) is 0.771. The summed E-state index contributed by atoms with van der Waals surface area (Å²) in [4.78, 5) is 4.24. The molecule has 1 saturated heterocycles. The average Bonchev–Trinajstić information content (AvgIpc) is 2.33. The Morgan fingerprint density at radius 3 is 2.88 bits per heavy atom. The van der Waals surface area contributed by atoms with Gasteiger partial charge in [-0.1, -0.05) is 0 Å². The van der Waals surface area contributed by atoms with E-state index in [1.165, 1.54) is 0 Å². The van der Waals surface area contributed by atoms with Gasteiger partial charge in [0.2, 0.25) is 5.88 Å². The Kier molecular flexibility index (Phi) is 3.43. The summed E-state index contributed by atoms with van der Waals surface area (Å²) in [7, 11) is 1.58. The number of pyridine rings is 1. The molecule has 6 nitrogen and oxygen atoms in total. The van der Waals surface area contributed by atoms with Crippen LogP contribution in [0.15, 0.2) is 12.1 Å². The number of hydrogen-bond acceptors (Lipinski definition) is 6. The van der Waals surface area contributed by atoms with Crippen molar-refractivity contribution in [1.82, 2.24) is 9.99 Å². The van der Waals surface area contributed by atoms with Crippen LogP contribution in [0.5, 0.6) is 5.88 Å². The van der Waals surface area contributed by atoms with Crippen LogP contribution in [0.2, 0.25) is 0 Å². The van der Waals surface area contributed by atoms with E-state index in [1.807, 2.05) is 5.01 Å². The van der Waals surface area contributed by atoms with Crippen molar-refractivity contribution < 1.29 is 9.47 Å². The predicted molar refractivity (Wildman–Crippen MR) is 61.2 cm³/mol. The third-order valence-electron chi connectivity index (χ3n) is 2.39. The molecular formula is C10H16N4O2. The molecule has 0 radical (unpaired) electrons. The number of nitrogens with two attached hydrogens (primary N) is 1. The highest BCUT2D eigenvalue weighted by Crippen LogP contribution is 2.20. The summed E-state index contributed by atoms with van der Waals surface area (Å²) in [5, 5.41) is 2.03. The Labute approximate surface area is 94.3 Å². The summed E-state index contributed by atoms with van der Waals surface area (Å²) in [5.41, 5.74) is 9.59. The Morgan fingerprint density at radius 2 is 2.19 bits per heavy atom. The smallest absolute Gasteiger partial charge is 0.215 e. The van der Waals surface area contributed by atoms with Crippen molar-refractivity contribution in [2.75, 3.05) is 44.6 Å². The highest BCUT2D eigenvalue weighted by atomic mass is 16.5. The summed E-state index contributed by atoms with van der Waals surface area (Å²) in [5.74, 6) is 1.17. The molecule has 3 N–H and O–H groups in total. The van der Waals surface area contributed by atoms with Gasteiger partial charge in [-0.15, -0.1) is 0 Å². The number of rotatable bonds is 3. The van der Waals surface area contributed by atoms with E-state index in [4.69, 9.17) is 15.2 Å². The second-order valence-electron chi connectivity index (χ2n) is 3.50. The minimum absolute atomic E-state index is 0.546. The number of nitrogens with one attached hydrogen (secondary N) is 1. The number of nitrogens with zero attached hydrogens (tertiary/aromatic N) is 2. The Morgan fingerprint density at radius 1 is 1.44 bits per heavy atom. The van der Waals surface area contributed by atoms with E-state index in [0.29, 0.717) is 17.4 Å². The fourth-order valence-electron chi connectivity index (χ4n) is 1.48. The highest BCUT2D eigenvalue weighted by Gasteiger charge is 2.12. The number of nitrogen functional groups attached to an aromatic ring is 1. The van der Waals surface area contributed by atoms with Crippen molar-refractivity contribution in [1.29, 1.82) is 0 Å². The van der Waals surface area contributed by atoms with Gasteiger partial charge in [-0.25, -0.2) is 5.01 Å². The van der Waals surface area contributed by atoms with Crippen LogP contribution < -0.4 is 15.9 Å². The van der Waals surface area contributed by atoms with E-state index in [2.05, 4.69) is 10.4 Å². The monoisotopic (exact) mass is 224 g/mol. The van der Waals surface area contributed by atoms with Crippen LogP contribution in [-0.4, -0.2) is 43.4 Å². The molecule has 0 aliphatic carbocycles. The van der Waals surface area contributed by atoms with Gasteiger partial charge < -0.3 is 20.6 Å². The normalized spacial score (nSPS) is 17.1. The fraction of sp³-hybridized carbons (Fsp3) is 0.500. The van der Waals surface area contributed by atoms with E-state index in [9.17, 15) is 0 Å². The van der Waals surface area contributed by atoms with Gasteiger partial charge in [0.25, 0.3) is 0 Å². The lowest BCUT2D eigenvalue weighted by molar-refractivity contribution is 0.0495. The number of hydrogen-bond donors (Lipinski definition) is 2. The van der Waals surface area contributed by atoms with Crippen molar-refractivity contribution in [3.63, 3.8) is 0 Å². The van der Waals surface area contributed by atoms with E-state index in [0.717, 1.165) is 26.3 Å². The Balaban J connectivity index is 2.06. The van der Waals surface area contributed by atoms with Crippen molar-refractivity contribution in [2.45, 2.75) is 0 Å². The van der Waals surface area contributed by atoms with Crippen molar-refractivity contribution in [2.24, 2.45) is 0 Å². The average molecular weight is 224 g/mol. The first-order chi connectivity index (χ1) is 7.79. The number of anilines is 2. The number of ether oxygens (including phenoxy) is 2. The Hall–Kier alpha value is -1.53. The van der Waals surface area contributed by atoms with Gasteiger partial charge in [-0.05, 0) is 6.07 Å². The molecule has 1 aromatic rings. The molecule has 1 fully saturated rings. The van der Waals surface area contributed by atoms with Gasteiger partial charge >= 0.3 is 0 Å². The molecule has 2 rings (SSSR count). The maximum atomic E-state index is 5.82. The molecule has 88 valence electrons. The number of methoxy groups -OCH3 is 1. The highest BCUT2D eigenvalue weighted by molar-refractivity contribution is 5.61. The van der Waals surface area contributed by atoms with E-state index in [1.54, 1.807) is 19.2 Å². The van der Waals surface area contributed by atoms with Crippen LogP contribution >= 0.6 is 0 Å². The molecule has 0 saturated carbocycles. The zero-order chi connectivity index (χ0) is 11.4. The number of morpholine rings is 1. The van der Waals surface area contributed by atoms with Gasteiger partial charge in [-0.2, -0.15) is 4.98 Å². The molecule has 6 heteroatoms. The van der Waals surface area contributed by atoms with Gasteiger partial charge in [0.05, 0.1) is 26.0 Å². The molecule has 1 aromatic heterocycles. The lowest BCUT2D eigenvalue weighted by Crippen LogP contribution is -2.40. The molecular weight excluding hydrogens is 208 g/mol. The van der Waals surface area contributed by atoms with Crippen LogP contribution in [0, 0.1) is 0 Å². The third-order valence-corrected chi connectivity index (χ3v) is 2.39. The summed E-state index contributed by atoms with van der Waals surface area (Å²) in [6.07, 6.45) is 0. The van der Waals surface area contributed by atoms with Crippen molar-refractivity contribution >= 4 is 11.5 Å². The second-order valence-corrected chi connectivity index (χ2v) is 3.50. The van der Waals surface area contributed by atoms with Gasteiger partial charge in [0, 0.05) is 19.2 Å². The van der Waals surface area contributed by atoms with Crippen LogP contribution in [-0.2, 0) is 4.74 Å². The first kappa shape index (κ1) is 11.0. The van der Waals surface area contributed by atoms with E-state index in [-0.39, 0.29) is 0 Å². The maximum absolute atomic E-state index is 5.82. The standard InChI is InChI=1S/C10H16N4O2/c1-15-9-3-2-8(11)10(12-9)13-14-4-6-16-7-5-14/h2-3H,4-7,11H2,1H3,(H,12,13). The predicted octanol–water partition coefficient (Wildman–Crippen LogP) is 0.331. The molecule has 0 bridgehead atoms. The molecule has 0 unspecified atom stereocenters. The van der Waals surface area contributed by atoms with Crippen LogP contribution in [0.3, 0.4) is 0 Å². The minimum Gasteiger partial charge on any atom is -0.481 e. The first-order valence-corrected chi connectivity index (χ1v) is 5.19. The zero-order valence-corrected chi connectivity index (χ0v) is 9.27. The molecule has 1 aliphatic heterocycles. The fourth-order valence-corrected chi connectivity index (χ4v) is 1.48. The summed E-state index contributed by atoms with van der Waals surface area (Å²) < 4.78 is 10.3. The van der Waals surface area contributed by atoms with Crippen LogP contribution in [0.25, 0.3) is 0 Å². The van der Waals surface area contributed by atoms with E-state index >= 15 is 0 Å². The Bertz CT molecular complexity index is 353. The van der Waals surface area contributed by atoms with Gasteiger partial charge in [0.1, 0.15) is 0 Å². The first-order valence-electron chi connectivity index (χ1n) is 5.19. The lowest BCUT2D eigenvalue weighted by Gasteiger charge is -2.27. The SMILES string of the molecule is COc1ccc(N)c(NN2CCOCC2)n1. The lowest BCUT2D eigenvalue weighted by atomic mass is 10.4. The van der Waals surface area contributed by atoms with Crippen LogP contribution in [0.4, 0.5) is 11.5 Å². The number of hydrazine groups is 1. The van der Waals surface area contributed by atoms with Crippen molar-refractivity contribution in [3.05, 3.63) is 12.1 Å². The summed E-state index contributed by atoms with van der Waals surface area (Å²) in [6.45, 7) is 3.07. The summed E-state index contributed by atoms with van der Waals surface area (Å²) in [6, 6.07) is 3.51. The number of aromatic nitrogens is 1. The van der Waals surface area contributed by atoms with Gasteiger partial charge in [-0.3, -0.25) is 0 Å². The van der Waals surface area contributed by atoms with Crippen molar-refractivity contribution in [3.8, 4) is 5.88 Å². The molecule has 16 heavy (non-hydrogen) atoms. The molecule has 0 aromatic carbocycles. The molecule has 1 aliphatic rings. The minimum atomic E-state index is 0.546. The van der Waals surface area contributed by atoms with Crippen LogP contribution in [0.1, 0.15) is 0 Å².